The van der Waals surface area contributed by atoms with Gasteiger partial charge in [0, 0.05) is 37.4 Å². The summed E-state index contributed by atoms with van der Waals surface area (Å²) in [4.78, 5) is 20.5. The molecule has 0 spiro atoms. The molecule has 1 aromatic heterocycles. The van der Waals surface area contributed by atoms with E-state index in [-0.39, 0.29) is 13.4 Å². The first-order chi connectivity index (χ1) is 16.7. The number of imidazole rings is 1. The third-order valence-corrected chi connectivity index (χ3v) is 5.95. The van der Waals surface area contributed by atoms with Gasteiger partial charge in [-0.1, -0.05) is 48.5 Å². The fourth-order valence-corrected chi connectivity index (χ4v) is 4.56. The van der Waals surface area contributed by atoms with Crippen LogP contribution in [0.3, 0.4) is 0 Å². The minimum Gasteiger partial charge on any atom is -0.341 e. The van der Waals surface area contributed by atoms with Gasteiger partial charge in [0.15, 0.2) is 0 Å². The van der Waals surface area contributed by atoms with Crippen LogP contribution in [0.15, 0.2) is 82.8 Å². The van der Waals surface area contributed by atoms with Gasteiger partial charge in [0.05, 0.1) is 29.0 Å². The van der Waals surface area contributed by atoms with Crippen molar-refractivity contribution >= 4 is 53.9 Å². The maximum atomic E-state index is 4.89. The maximum absolute atomic E-state index is 4.89. The Bertz CT molecular complexity index is 1270. The fraction of sp³-hybridized carbons (Fsp3) is 0.192. The SMILES string of the molecule is [Cl][Cr+][Cl].c1ccc2c(c1)CC(CN(CC1=Nc3ccccc3C1)Cc1nc3ccccc3[nH]1)=N2. The second-order valence-electron chi connectivity index (χ2n) is 8.37. The van der Waals surface area contributed by atoms with Gasteiger partial charge in [-0.05, 0) is 35.4 Å². The zero-order valence-electron chi connectivity index (χ0n) is 18.4. The molecule has 0 saturated carbocycles. The Morgan fingerprint density at radius 3 is 1.82 bits per heavy atom. The van der Waals surface area contributed by atoms with Crippen molar-refractivity contribution in [3.8, 4) is 0 Å². The molecule has 0 saturated heterocycles. The number of aromatic nitrogens is 2. The molecule has 8 heteroatoms. The van der Waals surface area contributed by atoms with Crippen molar-refractivity contribution in [2.24, 2.45) is 9.98 Å². The molecule has 34 heavy (non-hydrogen) atoms. The summed E-state index contributed by atoms with van der Waals surface area (Å²) in [6, 6.07) is 25.0. The van der Waals surface area contributed by atoms with Gasteiger partial charge < -0.3 is 4.98 Å². The number of benzene rings is 3. The summed E-state index contributed by atoms with van der Waals surface area (Å²) in [5, 5.41) is 0. The first-order valence-corrected chi connectivity index (χ1v) is 14.6. The standard InChI is InChI=1S/C26H23N5.2ClH.Cr/c1-3-9-22-18(7-1)13-20(27-22)15-31(16-21-14-19-8-2-4-10-23(19)28-21)17-26-29-24-11-5-6-12-25(24)30-26;;;/h1-12H,13-17H2,(H,29,30);2*1H;/q;;;+3/p-2. The second-order valence-corrected chi connectivity index (χ2v) is 10.5. The number of rotatable bonds is 6. The molecule has 3 aromatic carbocycles. The van der Waals surface area contributed by atoms with Gasteiger partial charge >= 0.3 is 33.5 Å². The minimum atomic E-state index is -0.181. The first kappa shape index (κ1) is 23.3. The number of halogens is 2. The third kappa shape index (κ3) is 5.44. The van der Waals surface area contributed by atoms with E-state index in [1.165, 1.54) is 22.6 Å². The molecule has 0 fully saturated rings. The Labute approximate surface area is 213 Å². The summed E-state index contributed by atoms with van der Waals surface area (Å²) >= 11 is -0.181. The van der Waals surface area contributed by atoms with Crippen molar-refractivity contribution < 1.29 is 13.4 Å². The summed E-state index contributed by atoms with van der Waals surface area (Å²) in [7, 11) is 9.65. The zero-order chi connectivity index (χ0) is 23.3. The van der Waals surface area contributed by atoms with Gasteiger partial charge in [0.2, 0.25) is 0 Å². The molecular weight excluding hydrogens is 505 g/mol. The Morgan fingerprint density at radius 2 is 1.26 bits per heavy atom. The van der Waals surface area contributed by atoms with Crippen LogP contribution >= 0.6 is 20.1 Å². The van der Waals surface area contributed by atoms with Crippen LogP contribution in [0.4, 0.5) is 11.4 Å². The van der Waals surface area contributed by atoms with Crippen molar-refractivity contribution in [2.75, 3.05) is 13.1 Å². The van der Waals surface area contributed by atoms with Crippen LogP contribution in [0.2, 0.25) is 0 Å². The van der Waals surface area contributed by atoms with E-state index in [4.69, 9.17) is 35.1 Å². The van der Waals surface area contributed by atoms with Gasteiger partial charge in [-0.2, -0.15) is 0 Å². The Morgan fingerprint density at radius 1 is 0.735 bits per heavy atom. The number of nitrogens with one attached hydrogen (secondary N) is 1. The predicted molar refractivity (Wildman–Crippen MR) is 138 cm³/mol. The summed E-state index contributed by atoms with van der Waals surface area (Å²) in [6.07, 6.45) is 1.83. The van der Waals surface area contributed by atoms with Gasteiger partial charge in [-0.25, -0.2) is 4.98 Å². The monoisotopic (exact) mass is 527 g/mol. The number of hydrogen-bond acceptors (Lipinski definition) is 4. The largest absolute Gasteiger partial charge is 0.341 e. The molecule has 2 aliphatic heterocycles. The number of fused-ring (bicyclic) bond motifs is 3. The topological polar surface area (TPSA) is 56.6 Å². The van der Waals surface area contributed by atoms with Crippen LogP contribution in [0.25, 0.3) is 11.0 Å². The number of H-pyrrole nitrogens is 1. The second kappa shape index (κ2) is 10.9. The van der Waals surface area contributed by atoms with E-state index >= 15 is 0 Å². The molecule has 4 aromatic rings. The molecular formula is C26H23Cl2CrN5+. The van der Waals surface area contributed by atoms with Gasteiger partial charge in [0.25, 0.3) is 0 Å². The maximum Gasteiger partial charge on any atom is 0.121 e. The number of aromatic amines is 1. The molecule has 3 heterocycles. The van der Waals surface area contributed by atoms with Gasteiger partial charge in [0.1, 0.15) is 5.82 Å². The summed E-state index contributed by atoms with van der Waals surface area (Å²) in [5.74, 6) is 0.980. The average molecular weight is 528 g/mol. The molecule has 0 radical (unpaired) electrons. The Kier molecular flexibility index (Phi) is 7.44. The van der Waals surface area contributed by atoms with Crippen molar-refractivity contribution in [3.05, 3.63) is 89.7 Å². The van der Waals surface area contributed by atoms with E-state index < -0.39 is 0 Å². The smallest absolute Gasteiger partial charge is 0.121 e. The molecule has 1 N–H and O–H groups in total. The van der Waals surface area contributed by atoms with Crippen molar-refractivity contribution in [3.63, 3.8) is 0 Å². The van der Waals surface area contributed by atoms with Crippen LogP contribution < -0.4 is 0 Å². The normalized spacial score (nSPS) is 13.7. The molecule has 2 aliphatic rings. The summed E-state index contributed by atoms with van der Waals surface area (Å²) in [6.45, 7) is 2.35. The van der Waals surface area contributed by atoms with Crippen molar-refractivity contribution in [2.45, 2.75) is 19.4 Å². The van der Waals surface area contributed by atoms with E-state index in [0.717, 1.165) is 60.7 Å². The average Bonchev–Trinajstić information content (AvgIpc) is 3.54. The predicted octanol–water partition coefficient (Wildman–Crippen LogP) is 6.40. The zero-order valence-corrected chi connectivity index (χ0v) is 21.2. The summed E-state index contributed by atoms with van der Waals surface area (Å²) in [5.41, 5.74) is 9.32. The summed E-state index contributed by atoms with van der Waals surface area (Å²) < 4.78 is 0. The third-order valence-electron chi connectivity index (χ3n) is 5.95. The minimum absolute atomic E-state index is 0.181. The van der Waals surface area contributed by atoms with Crippen LogP contribution in [0, 0.1) is 0 Å². The van der Waals surface area contributed by atoms with Crippen molar-refractivity contribution in [1.29, 1.82) is 0 Å². The van der Waals surface area contributed by atoms with E-state index in [9.17, 15) is 0 Å². The number of para-hydroxylation sites is 4. The molecule has 0 bridgehead atoms. The Hall–Kier alpha value is -2.46. The quantitative estimate of drug-likeness (QED) is 0.315. The van der Waals surface area contributed by atoms with Crippen LogP contribution in [-0.2, 0) is 32.8 Å². The molecule has 171 valence electrons. The van der Waals surface area contributed by atoms with E-state index in [2.05, 4.69) is 70.5 Å². The number of hydrogen-bond donors (Lipinski definition) is 1. The number of aliphatic imine (C=N–C) groups is 2. The van der Waals surface area contributed by atoms with E-state index in [1.807, 2.05) is 12.1 Å². The number of nitrogens with zero attached hydrogens (tertiary/aromatic N) is 4. The molecule has 0 atom stereocenters. The van der Waals surface area contributed by atoms with E-state index in [1.54, 1.807) is 0 Å². The molecule has 0 amide bonds. The molecule has 0 aliphatic carbocycles. The van der Waals surface area contributed by atoms with Gasteiger partial charge in [-0.15, -0.1) is 0 Å². The van der Waals surface area contributed by atoms with Crippen molar-refractivity contribution in [1.82, 2.24) is 14.9 Å². The van der Waals surface area contributed by atoms with Crippen LogP contribution in [0.1, 0.15) is 17.0 Å². The van der Waals surface area contributed by atoms with Gasteiger partial charge in [-0.3, -0.25) is 14.9 Å². The Balaban J connectivity index is 0.000000764. The van der Waals surface area contributed by atoms with Crippen LogP contribution in [0.5, 0.6) is 0 Å². The first-order valence-electron chi connectivity index (χ1n) is 11.1. The molecule has 0 unspecified atom stereocenters. The van der Waals surface area contributed by atoms with Crippen LogP contribution in [-0.4, -0.2) is 39.4 Å². The van der Waals surface area contributed by atoms with E-state index in [0.29, 0.717) is 0 Å². The fourth-order valence-electron chi connectivity index (χ4n) is 4.56. The molecule has 6 rings (SSSR count). The molecule has 5 nitrogen and oxygen atoms in total.